The van der Waals surface area contributed by atoms with Crippen molar-refractivity contribution in [3.63, 3.8) is 0 Å². The maximum Gasteiger partial charge on any atom is 0.328 e. The van der Waals surface area contributed by atoms with Crippen molar-refractivity contribution in [3.8, 4) is 10.6 Å². The second-order valence-electron chi connectivity index (χ2n) is 7.43. The molecule has 1 N–H and O–H groups in total. The fourth-order valence-electron chi connectivity index (χ4n) is 3.78. The van der Waals surface area contributed by atoms with Crippen molar-refractivity contribution in [1.82, 2.24) is 23.8 Å². The first-order valence-corrected chi connectivity index (χ1v) is 12.3. The van der Waals surface area contributed by atoms with Crippen molar-refractivity contribution < 1.29 is 8.42 Å². The van der Waals surface area contributed by atoms with E-state index in [1.165, 1.54) is 11.4 Å². The Morgan fingerprint density at radius 3 is 2.77 bits per heavy atom. The molecule has 0 fully saturated rings. The molecule has 31 heavy (non-hydrogen) atoms. The van der Waals surface area contributed by atoms with E-state index in [0.717, 1.165) is 34.7 Å². The topological polar surface area (TPSA) is 118 Å². The van der Waals surface area contributed by atoms with Crippen molar-refractivity contribution in [2.45, 2.75) is 42.9 Å². The first-order chi connectivity index (χ1) is 14.9. The standard InChI is InChI=1S/C20H23N5O4S2/c1-24(31(28,29)18-8-7-17(30-18)15-13-21-9-10-22-15)11-4-12-25-16-6-3-2-5-14(16)19(26)23-20(25)27/h7-10,13H,2-6,11-12H2,1H3,(H,23,26,27). The van der Waals surface area contributed by atoms with E-state index in [1.54, 1.807) is 35.3 Å². The largest absolute Gasteiger partial charge is 0.328 e. The molecule has 0 atom stereocenters. The molecule has 0 aromatic carbocycles. The molecule has 0 saturated carbocycles. The van der Waals surface area contributed by atoms with E-state index >= 15 is 0 Å². The number of H-pyrrole nitrogens is 1. The maximum atomic E-state index is 12.9. The zero-order chi connectivity index (χ0) is 22.0. The third-order valence-electron chi connectivity index (χ3n) is 5.42. The number of aromatic amines is 1. The van der Waals surface area contributed by atoms with Gasteiger partial charge >= 0.3 is 5.69 Å². The molecule has 11 heteroatoms. The van der Waals surface area contributed by atoms with Crippen LogP contribution in [0.3, 0.4) is 0 Å². The fourth-order valence-corrected chi connectivity index (χ4v) is 6.47. The SMILES string of the molecule is CN(CCCn1c2c(c(=O)[nH]c1=O)CCCC2)S(=O)(=O)c1ccc(-c2cnccn2)s1. The van der Waals surface area contributed by atoms with Gasteiger partial charge in [-0.15, -0.1) is 11.3 Å². The number of fused-ring (bicyclic) bond motifs is 1. The van der Waals surface area contributed by atoms with Gasteiger partial charge in [0.2, 0.25) is 0 Å². The molecule has 0 radical (unpaired) electrons. The van der Waals surface area contributed by atoms with Gasteiger partial charge in [-0.1, -0.05) is 0 Å². The van der Waals surface area contributed by atoms with Crippen molar-refractivity contribution in [1.29, 1.82) is 0 Å². The molecule has 1 aliphatic carbocycles. The second kappa shape index (κ2) is 8.85. The Labute approximate surface area is 183 Å². The number of nitrogens with one attached hydrogen (secondary N) is 1. The Morgan fingerprint density at radius 1 is 1.19 bits per heavy atom. The van der Waals surface area contributed by atoms with E-state index in [0.29, 0.717) is 37.1 Å². The van der Waals surface area contributed by atoms with Gasteiger partial charge in [0.05, 0.1) is 16.8 Å². The zero-order valence-corrected chi connectivity index (χ0v) is 18.7. The minimum absolute atomic E-state index is 0.231. The minimum atomic E-state index is -3.66. The van der Waals surface area contributed by atoms with Gasteiger partial charge in [-0.3, -0.25) is 24.3 Å². The molecule has 0 bridgehead atoms. The van der Waals surface area contributed by atoms with Gasteiger partial charge in [-0.05, 0) is 44.2 Å². The van der Waals surface area contributed by atoms with Gasteiger partial charge in [0, 0.05) is 43.8 Å². The predicted octanol–water partition coefficient (Wildman–Crippen LogP) is 1.64. The summed E-state index contributed by atoms with van der Waals surface area (Å²) in [5, 5.41) is 0. The van der Waals surface area contributed by atoms with Crippen LogP contribution in [0.1, 0.15) is 30.5 Å². The Kier molecular flexibility index (Phi) is 6.17. The normalized spacial score (nSPS) is 14.0. The molecule has 3 aromatic rings. The first kappa shape index (κ1) is 21.6. The molecule has 0 aliphatic heterocycles. The number of aromatic nitrogens is 4. The first-order valence-electron chi connectivity index (χ1n) is 10.1. The molecular weight excluding hydrogens is 438 g/mol. The third kappa shape index (κ3) is 4.39. The van der Waals surface area contributed by atoms with Crippen LogP contribution in [0.4, 0.5) is 0 Å². The van der Waals surface area contributed by atoms with E-state index in [9.17, 15) is 18.0 Å². The Balaban J connectivity index is 1.46. The summed E-state index contributed by atoms with van der Waals surface area (Å²) in [7, 11) is -2.13. The van der Waals surface area contributed by atoms with E-state index < -0.39 is 15.7 Å². The summed E-state index contributed by atoms with van der Waals surface area (Å²) in [4.78, 5) is 35.7. The Hall–Kier alpha value is -2.63. The Morgan fingerprint density at radius 2 is 2.00 bits per heavy atom. The van der Waals surface area contributed by atoms with E-state index in [1.807, 2.05) is 0 Å². The van der Waals surface area contributed by atoms with Crippen LogP contribution in [0.15, 0.2) is 44.5 Å². The summed E-state index contributed by atoms with van der Waals surface area (Å²) in [6, 6.07) is 3.30. The van der Waals surface area contributed by atoms with Crippen molar-refractivity contribution in [3.05, 3.63) is 62.8 Å². The van der Waals surface area contributed by atoms with Gasteiger partial charge in [-0.2, -0.15) is 0 Å². The lowest BCUT2D eigenvalue weighted by Gasteiger charge is -2.21. The molecule has 0 saturated heterocycles. The summed E-state index contributed by atoms with van der Waals surface area (Å²) in [5.41, 5.74) is 1.37. The molecule has 0 unspecified atom stereocenters. The number of nitrogens with zero attached hydrogens (tertiary/aromatic N) is 4. The lowest BCUT2D eigenvalue weighted by atomic mass is 9.97. The minimum Gasteiger partial charge on any atom is -0.297 e. The predicted molar refractivity (Wildman–Crippen MR) is 118 cm³/mol. The quantitative estimate of drug-likeness (QED) is 0.572. The molecule has 0 amide bonds. The summed E-state index contributed by atoms with van der Waals surface area (Å²) in [6.45, 7) is 0.605. The number of sulfonamides is 1. The molecule has 4 rings (SSSR count). The summed E-state index contributed by atoms with van der Waals surface area (Å²) in [6.07, 6.45) is 8.42. The van der Waals surface area contributed by atoms with Crippen molar-refractivity contribution in [2.24, 2.45) is 0 Å². The molecule has 164 valence electrons. The van der Waals surface area contributed by atoms with Crippen LogP contribution < -0.4 is 11.2 Å². The zero-order valence-electron chi connectivity index (χ0n) is 17.1. The summed E-state index contributed by atoms with van der Waals surface area (Å²) >= 11 is 1.15. The number of thiophene rings is 1. The van der Waals surface area contributed by atoms with Gasteiger partial charge in [0.25, 0.3) is 15.6 Å². The van der Waals surface area contributed by atoms with Crippen LogP contribution in [0.2, 0.25) is 0 Å². The second-order valence-corrected chi connectivity index (χ2v) is 10.8. The van der Waals surface area contributed by atoms with E-state index in [4.69, 9.17) is 0 Å². The van der Waals surface area contributed by atoms with Gasteiger partial charge in [0.1, 0.15) is 4.21 Å². The van der Waals surface area contributed by atoms with Crippen LogP contribution in [0.5, 0.6) is 0 Å². The van der Waals surface area contributed by atoms with Crippen LogP contribution in [-0.4, -0.2) is 45.8 Å². The highest BCUT2D eigenvalue weighted by Gasteiger charge is 2.24. The molecule has 0 spiro atoms. The number of hydrogen-bond donors (Lipinski definition) is 1. The Bertz CT molecular complexity index is 1300. The highest BCUT2D eigenvalue weighted by molar-refractivity contribution is 7.91. The monoisotopic (exact) mass is 461 g/mol. The molecular formula is C20H23N5O4S2. The highest BCUT2D eigenvalue weighted by Crippen LogP contribution is 2.30. The van der Waals surface area contributed by atoms with Crippen LogP contribution >= 0.6 is 11.3 Å². The maximum absolute atomic E-state index is 12.9. The van der Waals surface area contributed by atoms with Gasteiger partial charge in [-0.25, -0.2) is 17.5 Å². The molecule has 1 aliphatic rings. The highest BCUT2D eigenvalue weighted by atomic mass is 32.2. The van der Waals surface area contributed by atoms with Crippen molar-refractivity contribution >= 4 is 21.4 Å². The van der Waals surface area contributed by atoms with Crippen LogP contribution in [-0.2, 0) is 29.4 Å². The molecule has 9 nitrogen and oxygen atoms in total. The van der Waals surface area contributed by atoms with Crippen LogP contribution in [0, 0.1) is 0 Å². The number of hydrogen-bond acceptors (Lipinski definition) is 7. The lowest BCUT2D eigenvalue weighted by molar-refractivity contribution is 0.437. The average Bonchev–Trinajstić information content (AvgIpc) is 3.28. The van der Waals surface area contributed by atoms with Crippen molar-refractivity contribution in [2.75, 3.05) is 13.6 Å². The van der Waals surface area contributed by atoms with E-state index in [-0.39, 0.29) is 16.3 Å². The van der Waals surface area contributed by atoms with Crippen LogP contribution in [0.25, 0.3) is 10.6 Å². The van der Waals surface area contributed by atoms with Gasteiger partial charge in [0.15, 0.2) is 0 Å². The fraction of sp³-hybridized carbons (Fsp3) is 0.400. The third-order valence-corrected chi connectivity index (χ3v) is 8.85. The average molecular weight is 462 g/mol. The lowest BCUT2D eigenvalue weighted by Crippen LogP contribution is -2.37. The smallest absolute Gasteiger partial charge is 0.297 e. The summed E-state index contributed by atoms with van der Waals surface area (Å²) < 4.78 is 29.0. The molecule has 3 heterocycles. The van der Waals surface area contributed by atoms with Gasteiger partial charge < -0.3 is 0 Å². The number of rotatable bonds is 7. The molecule has 3 aromatic heterocycles. The van der Waals surface area contributed by atoms with E-state index in [2.05, 4.69) is 15.0 Å². The summed E-state index contributed by atoms with van der Waals surface area (Å²) in [5.74, 6) is 0.